The molecule has 5 nitrogen and oxygen atoms in total. The number of benzene rings is 5. The smallest absolute Gasteiger partial charge is 0.122 e. The molecule has 0 fully saturated rings. The summed E-state index contributed by atoms with van der Waals surface area (Å²) in [6, 6.07) is 20.6. The predicted octanol–water partition coefficient (Wildman–Crippen LogP) is 6.01. The Bertz CT molecular complexity index is 1450. The van der Waals surface area contributed by atoms with Gasteiger partial charge in [-0.3, -0.25) is 0 Å². The maximum absolute atomic E-state index is 11.1. The van der Waals surface area contributed by atoms with Crippen molar-refractivity contribution in [1.82, 2.24) is 0 Å². The summed E-state index contributed by atoms with van der Waals surface area (Å²) in [6.07, 6.45) is 0.602. The summed E-state index contributed by atoms with van der Waals surface area (Å²) in [6.45, 7) is 1.93. The van der Waals surface area contributed by atoms with Crippen molar-refractivity contribution in [3.05, 3.63) is 101 Å². The monoisotopic (exact) mass is 452 g/mol. The van der Waals surface area contributed by atoms with E-state index in [0.29, 0.717) is 35.1 Å². The van der Waals surface area contributed by atoms with E-state index in [-0.39, 0.29) is 28.7 Å². The number of phenols is 5. The molecule has 0 atom stereocenters. The van der Waals surface area contributed by atoms with Crippen molar-refractivity contribution < 1.29 is 25.5 Å². The van der Waals surface area contributed by atoms with Gasteiger partial charge in [0.15, 0.2) is 0 Å². The van der Waals surface area contributed by atoms with E-state index in [1.165, 1.54) is 0 Å². The Morgan fingerprint density at radius 2 is 0.912 bits per heavy atom. The molecule has 5 rings (SSSR count). The molecular formula is C29H24O5. The van der Waals surface area contributed by atoms with Crippen molar-refractivity contribution in [2.24, 2.45) is 0 Å². The van der Waals surface area contributed by atoms with Crippen LogP contribution in [0.15, 0.2) is 72.8 Å². The lowest BCUT2D eigenvalue weighted by Crippen LogP contribution is -1.97. The van der Waals surface area contributed by atoms with Gasteiger partial charge in [0.25, 0.3) is 0 Å². The van der Waals surface area contributed by atoms with Gasteiger partial charge in [-0.05, 0) is 99.3 Å². The summed E-state index contributed by atoms with van der Waals surface area (Å²) < 4.78 is 0. The topological polar surface area (TPSA) is 101 Å². The lowest BCUT2D eigenvalue weighted by atomic mass is 9.93. The third-order valence-corrected chi connectivity index (χ3v) is 6.22. The quantitative estimate of drug-likeness (QED) is 0.230. The van der Waals surface area contributed by atoms with Crippen LogP contribution in [-0.4, -0.2) is 25.5 Å². The van der Waals surface area contributed by atoms with Crippen molar-refractivity contribution in [3.63, 3.8) is 0 Å². The van der Waals surface area contributed by atoms with Gasteiger partial charge in [0.05, 0.1) is 0 Å². The number of fused-ring (bicyclic) bond motifs is 2. The van der Waals surface area contributed by atoms with Crippen LogP contribution >= 0.6 is 0 Å². The SMILES string of the molecule is Cc1cc(Cc2cc3cc(O)ccc3cc2O)c(O)c(Cc2cc3cc(O)ccc3cc2O)c1. The van der Waals surface area contributed by atoms with Gasteiger partial charge in [-0.15, -0.1) is 0 Å². The highest BCUT2D eigenvalue weighted by Crippen LogP contribution is 2.35. The molecule has 0 unspecified atom stereocenters. The standard InChI is InChI=1S/C29H24O5/c1-16-6-23(10-21-8-19-12-25(30)4-2-17(19)14-27(21)32)29(34)24(7-16)11-22-9-20-13-26(31)5-3-18(20)15-28(22)33/h2-9,12-15,30-34H,10-11H2,1H3. The normalized spacial score (nSPS) is 11.3. The van der Waals surface area contributed by atoms with Crippen molar-refractivity contribution in [2.45, 2.75) is 19.8 Å². The molecule has 0 saturated carbocycles. The molecule has 5 heteroatoms. The van der Waals surface area contributed by atoms with Crippen LogP contribution in [0.25, 0.3) is 21.5 Å². The van der Waals surface area contributed by atoms with E-state index in [1.54, 1.807) is 48.5 Å². The Labute approximate surface area is 196 Å². The van der Waals surface area contributed by atoms with Crippen LogP contribution in [0.2, 0.25) is 0 Å². The number of phenolic OH excluding ortho intramolecular Hbond substituents is 5. The zero-order chi connectivity index (χ0) is 24.0. The average Bonchev–Trinajstić information content (AvgIpc) is 2.78. The molecule has 0 spiro atoms. The van der Waals surface area contributed by atoms with E-state index in [2.05, 4.69) is 0 Å². The maximum atomic E-state index is 11.1. The van der Waals surface area contributed by atoms with Gasteiger partial charge in [0.2, 0.25) is 0 Å². The summed E-state index contributed by atoms with van der Waals surface area (Å²) in [5.74, 6) is 0.637. The highest BCUT2D eigenvalue weighted by Gasteiger charge is 2.15. The van der Waals surface area contributed by atoms with Crippen molar-refractivity contribution >= 4 is 21.5 Å². The molecule has 0 aliphatic carbocycles. The second kappa shape index (κ2) is 8.19. The first-order chi connectivity index (χ1) is 16.3. The Kier molecular flexibility index (Phi) is 5.17. The highest BCUT2D eigenvalue weighted by atomic mass is 16.3. The summed E-state index contributed by atoms with van der Waals surface area (Å²) >= 11 is 0. The molecule has 170 valence electrons. The third-order valence-electron chi connectivity index (χ3n) is 6.22. The van der Waals surface area contributed by atoms with Gasteiger partial charge in [-0.1, -0.05) is 29.8 Å². The van der Waals surface area contributed by atoms with Gasteiger partial charge in [-0.2, -0.15) is 0 Å². The number of hydrogen-bond acceptors (Lipinski definition) is 5. The van der Waals surface area contributed by atoms with E-state index >= 15 is 0 Å². The molecule has 0 bridgehead atoms. The van der Waals surface area contributed by atoms with Gasteiger partial charge < -0.3 is 25.5 Å². The van der Waals surface area contributed by atoms with Crippen LogP contribution in [0.1, 0.15) is 27.8 Å². The molecule has 0 heterocycles. The van der Waals surface area contributed by atoms with Crippen LogP contribution in [0.5, 0.6) is 28.7 Å². The lowest BCUT2D eigenvalue weighted by molar-refractivity contribution is 0.457. The van der Waals surface area contributed by atoms with E-state index in [0.717, 1.165) is 27.1 Å². The van der Waals surface area contributed by atoms with Crippen LogP contribution in [0, 0.1) is 6.92 Å². The maximum Gasteiger partial charge on any atom is 0.122 e. The Balaban J connectivity index is 1.52. The molecule has 5 aromatic rings. The second-order valence-corrected chi connectivity index (χ2v) is 8.81. The number of hydrogen-bond donors (Lipinski definition) is 5. The Morgan fingerprint density at radius 3 is 1.35 bits per heavy atom. The first kappa shape index (κ1) is 21.5. The summed E-state index contributed by atoms with van der Waals surface area (Å²) in [5, 5.41) is 55.0. The zero-order valence-corrected chi connectivity index (χ0v) is 18.6. The molecule has 0 radical (unpaired) electrons. The van der Waals surface area contributed by atoms with E-state index in [4.69, 9.17) is 0 Å². The fraction of sp³-hybridized carbons (Fsp3) is 0.103. The molecule has 0 aliphatic heterocycles. The summed E-state index contributed by atoms with van der Waals surface area (Å²) in [5.41, 5.74) is 3.52. The molecule has 0 amide bonds. The van der Waals surface area contributed by atoms with Gasteiger partial charge in [0, 0.05) is 12.8 Å². The van der Waals surface area contributed by atoms with Crippen LogP contribution in [-0.2, 0) is 12.8 Å². The van der Waals surface area contributed by atoms with Crippen LogP contribution < -0.4 is 0 Å². The van der Waals surface area contributed by atoms with Crippen molar-refractivity contribution in [3.8, 4) is 28.7 Å². The molecule has 5 N–H and O–H groups in total. The minimum absolute atomic E-state index is 0.108. The first-order valence-corrected chi connectivity index (χ1v) is 11.0. The molecule has 34 heavy (non-hydrogen) atoms. The highest BCUT2D eigenvalue weighted by molar-refractivity contribution is 5.87. The molecule has 0 aliphatic rings. The molecule has 0 saturated heterocycles. The minimum Gasteiger partial charge on any atom is -0.508 e. The summed E-state index contributed by atoms with van der Waals surface area (Å²) in [4.78, 5) is 0. The van der Waals surface area contributed by atoms with Crippen LogP contribution in [0.4, 0.5) is 0 Å². The second-order valence-electron chi connectivity index (χ2n) is 8.81. The van der Waals surface area contributed by atoms with E-state index < -0.39 is 0 Å². The van der Waals surface area contributed by atoms with Crippen molar-refractivity contribution in [2.75, 3.05) is 0 Å². The number of aromatic hydroxyl groups is 5. The largest absolute Gasteiger partial charge is 0.508 e. The van der Waals surface area contributed by atoms with Crippen molar-refractivity contribution in [1.29, 1.82) is 0 Å². The Hall–Kier alpha value is -4.38. The fourth-order valence-electron chi connectivity index (χ4n) is 4.54. The van der Waals surface area contributed by atoms with E-state index in [9.17, 15) is 25.5 Å². The third kappa shape index (κ3) is 4.04. The molecule has 0 aromatic heterocycles. The van der Waals surface area contributed by atoms with Gasteiger partial charge in [0.1, 0.15) is 28.7 Å². The van der Waals surface area contributed by atoms with Crippen LogP contribution in [0.3, 0.4) is 0 Å². The first-order valence-electron chi connectivity index (χ1n) is 11.0. The Morgan fingerprint density at radius 1 is 0.471 bits per heavy atom. The van der Waals surface area contributed by atoms with Gasteiger partial charge in [-0.25, -0.2) is 0 Å². The lowest BCUT2D eigenvalue weighted by Gasteiger charge is -2.14. The van der Waals surface area contributed by atoms with E-state index in [1.807, 2.05) is 31.2 Å². The average molecular weight is 453 g/mol. The number of rotatable bonds is 4. The minimum atomic E-state index is 0.108. The van der Waals surface area contributed by atoms with Gasteiger partial charge >= 0.3 is 0 Å². The fourth-order valence-corrected chi connectivity index (χ4v) is 4.54. The molecular weight excluding hydrogens is 428 g/mol. The predicted molar refractivity (Wildman–Crippen MR) is 133 cm³/mol. The zero-order valence-electron chi connectivity index (χ0n) is 18.6. The molecule has 5 aromatic carbocycles. The number of aryl methyl sites for hydroxylation is 1. The summed E-state index contributed by atoms with van der Waals surface area (Å²) in [7, 11) is 0.